The first kappa shape index (κ1) is 23.9. The summed E-state index contributed by atoms with van der Waals surface area (Å²) in [6, 6.07) is 0.815. The highest BCUT2D eigenvalue weighted by Crippen LogP contribution is 2.31. The van der Waals surface area contributed by atoms with Crippen LogP contribution in [0.15, 0.2) is 12.3 Å². The van der Waals surface area contributed by atoms with Gasteiger partial charge in [0.25, 0.3) is 10.2 Å². The summed E-state index contributed by atoms with van der Waals surface area (Å²) in [5, 5.41) is -0.142. The Bertz CT molecular complexity index is 923. The molecule has 0 aliphatic carbocycles. The highest BCUT2D eigenvalue weighted by molar-refractivity contribution is 7.86. The van der Waals surface area contributed by atoms with Gasteiger partial charge in [0.15, 0.2) is 0 Å². The highest BCUT2D eigenvalue weighted by Gasteiger charge is 2.37. The molecule has 30 heavy (non-hydrogen) atoms. The lowest BCUT2D eigenvalue weighted by Crippen LogP contribution is -2.57. The predicted octanol–water partition coefficient (Wildman–Crippen LogP) is 2.82. The molecule has 0 N–H and O–H groups in total. The number of nitrogens with zero attached hydrogens (tertiary/aromatic N) is 4. The van der Waals surface area contributed by atoms with Gasteiger partial charge in [-0.2, -0.15) is 30.2 Å². The van der Waals surface area contributed by atoms with Crippen molar-refractivity contribution in [3.8, 4) is 0 Å². The van der Waals surface area contributed by atoms with E-state index in [9.17, 15) is 21.6 Å². The van der Waals surface area contributed by atoms with Gasteiger partial charge in [-0.05, 0) is 19.9 Å². The fourth-order valence-corrected chi connectivity index (χ4v) is 5.80. The van der Waals surface area contributed by atoms with Gasteiger partial charge in [0, 0.05) is 45.5 Å². The van der Waals surface area contributed by atoms with Crippen LogP contribution in [-0.4, -0.2) is 78.0 Å². The first-order chi connectivity index (χ1) is 13.9. The van der Waals surface area contributed by atoms with E-state index in [1.54, 1.807) is 0 Å². The Balaban J connectivity index is 1.66. The van der Waals surface area contributed by atoms with E-state index in [4.69, 9.17) is 28.6 Å². The molecule has 2 atom stereocenters. The van der Waals surface area contributed by atoms with Gasteiger partial charge in [-0.1, -0.05) is 23.8 Å². The van der Waals surface area contributed by atoms with Crippen molar-refractivity contribution in [3.63, 3.8) is 0 Å². The molecular formula is C17H24ClF3N4O3S2. The summed E-state index contributed by atoms with van der Waals surface area (Å²) in [7, 11) is -3.63. The Morgan fingerprint density at radius 3 is 2.23 bits per heavy atom. The largest absolute Gasteiger partial charge is 0.417 e. The number of rotatable bonds is 4. The average Bonchev–Trinajstić information content (AvgIpc) is 2.64. The number of halogens is 4. The summed E-state index contributed by atoms with van der Waals surface area (Å²) in [6.45, 7) is 5.57. The van der Waals surface area contributed by atoms with Gasteiger partial charge in [-0.15, -0.1) is 0 Å². The highest BCUT2D eigenvalue weighted by atomic mass is 35.5. The smallest absolute Gasteiger partial charge is 0.373 e. The van der Waals surface area contributed by atoms with E-state index in [1.165, 1.54) is 13.2 Å². The zero-order valence-corrected chi connectivity index (χ0v) is 19.0. The maximum Gasteiger partial charge on any atom is 0.417 e. The van der Waals surface area contributed by atoms with Crippen LogP contribution in [0.1, 0.15) is 19.4 Å². The SMILES string of the molecule is CC1CN(S(=O)(=O)N2CCN(Cn3cc(C(F)(F)F)cc(Cl)c3=S)CC2)CC(C)O1. The van der Waals surface area contributed by atoms with Gasteiger partial charge >= 0.3 is 6.18 Å². The van der Waals surface area contributed by atoms with Crippen LogP contribution in [0.25, 0.3) is 0 Å². The number of piperazine rings is 1. The Hall–Kier alpha value is -0.760. The molecule has 2 saturated heterocycles. The lowest BCUT2D eigenvalue weighted by molar-refractivity contribution is -0.138. The van der Waals surface area contributed by atoms with Crippen molar-refractivity contribution >= 4 is 34.0 Å². The number of hydrogen-bond acceptors (Lipinski definition) is 5. The number of ether oxygens (including phenoxy) is 1. The summed E-state index contributed by atoms with van der Waals surface area (Å²) >= 11 is 11.0. The van der Waals surface area contributed by atoms with Crippen LogP contribution in [0, 0.1) is 4.64 Å². The second-order valence-corrected chi connectivity index (χ2v) is 10.3. The first-order valence-electron chi connectivity index (χ1n) is 9.48. The number of pyridine rings is 1. The lowest BCUT2D eigenvalue weighted by Gasteiger charge is -2.40. The molecule has 0 radical (unpaired) electrons. The van der Waals surface area contributed by atoms with Gasteiger partial charge in [0.2, 0.25) is 0 Å². The predicted molar refractivity (Wildman–Crippen MR) is 109 cm³/mol. The second kappa shape index (κ2) is 9.00. The third kappa shape index (κ3) is 5.34. The molecule has 1 aromatic rings. The molecule has 3 rings (SSSR count). The standard InChI is InChI=1S/C17H24ClF3N4O3S2/c1-12-8-25(9-13(2)28-12)30(26,27)24-5-3-22(4-6-24)11-23-10-14(17(19,20)21)7-15(18)16(23)29/h7,10,12-13H,3-6,8-9,11H2,1-2H3. The Morgan fingerprint density at radius 1 is 1.13 bits per heavy atom. The molecule has 0 saturated carbocycles. The van der Waals surface area contributed by atoms with E-state index >= 15 is 0 Å². The number of aromatic nitrogens is 1. The Kier molecular flexibility index (Phi) is 7.17. The molecule has 1 aromatic heterocycles. The van der Waals surface area contributed by atoms with Gasteiger partial charge in [0.05, 0.1) is 29.5 Å². The minimum Gasteiger partial charge on any atom is -0.373 e. The Labute approximate surface area is 184 Å². The van der Waals surface area contributed by atoms with Crippen LogP contribution in [0.2, 0.25) is 5.02 Å². The number of alkyl halides is 3. The molecule has 2 unspecified atom stereocenters. The van der Waals surface area contributed by atoms with Crippen molar-refractivity contribution in [1.29, 1.82) is 0 Å². The molecule has 2 aliphatic heterocycles. The van der Waals surface area contributed by atoms with Crippen molar-refractivity contribution in [2.45, 2.75) is 38.9 Å². The van der Waals surface area contributed by atoms with Crippen molar-refractivity contribution in [2.24, 2.45) is 0 Å². The molecule has 2 aliphatic rings. The van der Waals surface area contributed by atoms with Gasteiger partial charge < -0.3 is 9.30 Å². The molecule has 0 amide bonds. The van der Waals surface area contributed by atoms with Gasteiger partial charge in [-0.25, -0.2) is 0 Å². The third-order valence-corrected chi connectivity index (χ3v) is 7.91. The summed E-state index contributed by atoms with van der Waals surface area (Å²) in [5.74, 6) is 0. The van der Waals surface area contributed by atoms with Gasteiger partial charge in [-0.3, -0.25) is 4.90 Å². The van der Waals surface area contributed by atoms with Crippen molar-refractivity contribution in [1.82, 2.24) is 18.1 Å². The topological polar surface area (TPSA) is 58.0 Å². The van der Waals surface area contributed by atoms with E-state index in [-0.39, 0.29) is 41.6 Å². The fourth-order valence-electron chi connectivity index (χ4n) is 3.66. The molecule has 0 bridgehead atoms. The van der Waals surface area contributed by atoms with Crippen molar-refractivity contribution in [3.05, 3.63) is 27.5 Å². The van der Waals surface area contributed by atoms with Crippen LogP contribution in [0.3, 0.4) is 0 Å². The van der Waals surface area contributed by atoms with Gasteiger partial charge in [0.1, 0.15) is 4.64 Å². The molecule has 13 heteroatoms. The van der Waals surface area contributed by atoms with Crippen LogP contribution in [0.4, 0.5) is 13.2 Å². The first-order valence-corrected chi connectivity index (χ1v) is 11.7. The zero-order valence-electron chi connectivity index (χ0n) is 16.6. The van der Waals surface area contributed by atoms with Crippen molar-refractivity contribution < 1.29 is 26.3 Å². The molecule has 7 nitrogen and oxygen atoms in total. The monoisotopic (exact) mass is 488 g/mol. The molecule has 0 aromatic carbocycles. The minimum absolute atomic E-state index is 0.0992. The quantitative estimate of drug-likeness (QED) is 0.610. The van der Waals surface area contributed by atoms with E-state index < -0.39 is 21.9 Å². The van der Waals surface area contributed by atoms with E-state index in [2.05, 4.69) is 0 Å². The van der Waals surface area contributed by atoms with E-state index in [1.807, 2.05) is 18.7 Å². The average molecular weight is 489 g/mol. The summed E-state index contributed by atoms with van der Waals surface area (Å²) in [5.41, 5.74) is -0.877. The van der Waals surface area contributed by atoms with Crippen molar-refractivity contribution in [2.75, 3.05) is 39.3 Å². The molecule has 170 valence electrons. The summed E-state index contributed by atoms with van der Waals surface area (Å²) in [6.07, 6.45) is -3.96. The van der Waals surface area contributed by atoms with Crippen LogP contribution in [-0.2, 0) is 27.8 Å². The molecule has 2 fully saturated rings. The maximum absolute atomic E-state index is 13.1. The number of hydrogen-bond donors (Lipinski definition) is 0. The second-order valence-electron chi connectivity index (χ2n) is 7.59. The van der Waals surface area contributed by atoms with Crippen LogP contribution in [0.5, 0.6) is 0 Å². The van der Waals surface area contributed by atoms with E-state index in [0.29, 0.717) is 26.2 Å². The maximum atomic E-state index is 13.1. The third-order valence-electron chi connectivity index (χ3n) is 5.09. The molecular weight excluding hydrogens is 465 g/mol. The minimum atomic E-state index is -4.53. The van der Waals surface area contributed by atoms with E-state index in [0.717, 1.165) is 12.3 Å². The Morgan fingerprint density at radius 2 is 1.70 bits per heavy atom. The summed E-state index contributed by atoms with van der Waals surface area (Å²) in [4.78, 5) is 1.85. The summed E-state index contributed by atoms with van der Waals surface area (Å²) < 4.78 is 75.0. The zero-order chi connectivity index (χ0) is 22.3. The van der Waals surface area contributed by atoms with Crippen LogP contribution < -0.4 is 0 Å². The molecule has 0 spiro atoms. The lowest BCUT2D eigenvalue weighted by atomic mass is 10.3. The normalized spacial score (nSPS) is 25.5. The fraction of sp³-hybridized carbons (Fsp3) is 0.706. The number of morpholine rings is 1. The molecule has 3 heterocycles. The van der Waals surface area contributed by atoms with Crippen LogP contribution >= 0.6 is 23.8 Å².